The normalized spacial score (nSPS) is 15.3. The van der Waals surface area contributed by atoms with E-state index in [1.54, 1.807) is 30.1 Å². The highest BCUT2D eigenvalue weighted by molar-refractivity contribution is 7.89. The van der Waals surface area contributed by atoms with Crippen LogP contribution in [0.1, 0.15) is 19.3 Å². The van der Waals surface area contributed by atoms with Crippen LogP contribution in [0.25, 0.3) is 10.8 Å². The molecule has 1 aliphatic heterocycles. The number of nitrogens with zero attached hydrogens (tertiary/aromatic N) is 1. The molecule has 0 bridgehead atoms. The molecule has 2 aromatic carbocycles. The van der Waals surface area contributed by atoms with Crippen LogP contribution in [0.5, 0.6) is 0 Å². The van der Waals surface area contributed by atoms with E-state index >= 15 is 0 Å². The third-order valence-corrected chi connectivity index (χ3v) is 6.37. The molecule has 6 nitrogen and oxygen atoms in total. The van der Waals surface area contributed by atoms with Crippen molar-refractivity contribution in [1.29, 1.82) is 0 Å². The van der Waals surface area contributed by atoms with Gasteiger partial charge >= 0.3 is 0 Å². The van der Waals surface area contributed by atoms with Gasteiger partial charge in [-0.25, -0.2) is 13.1 Å². The Labute approximate surface area is 166 Å². The molecule has 1 saturated heterocycles. The third-order valence-electron chi connectivity index (χ3n) is 4.91. The summed E-state index contributed by atoms with van der Waals surface area (Å²) < 4.78 is 27.5. The maximum atomic E-state index is 12.5. The number of carbonyl (C=O) groups excluding carboxylic acids is 1. The van der Waals surface area contributed by atoms with Crippen molar-refractivity contribution in [2.45, 2.75) is 30.2 Å². The van der Waals surface area contributed by atoms with Crippen LogP contribution in [0.3, 0.4) is 0 Å². The molecule has 0 radical (unpaired) electrons. The molecule has 0 atom stereocenters. The minimum absolute atomic E-state index is 0. The molecule has 1 aliphatic rings. The van der Waals surface area contributed by atoms with E-state index < -0.39 is 10.0 Å². The number of halogens is 1. The maximum Gasteiger partial charge on any atom is 0.240 e. The fourth-order valence-electron chi connectivity index (χ4n) is 3.28. The second-order valence-electron chi connectivity index (χ2n) is 6.64. The number of carbonyl (C=O) groups is 1. The lowest BCUT2D eigenvalue weighted by atomic mass is 10.1. The Morgan fingerprint density at radius 1 is 1.15 bits per heavy atom. The molecule has 1 heterocycles. The zero-order chi connectivity index (χ0) is 18.6. The topological polar surface area (TPSA) is 78.5 Å². The number of benzene rings is 2. The minimum atomic E-state index is -3.63. The molecule has 0 spiro atoms. The second kappa shape index (κ2) is 9.50. The second-order valence-corrected chi connectivity index (χ2v) is 8.41. The van der Waals surface area contributed by atoms with E-state index in [9.17, 15) is 13.2 Å². The Morgan fingerprint density at radius 3 is 2.52 bits per heavy atom. The summed E-state index contributed by atoms with van der Waals surface area (Å²) in [5.41, 5.74) is 0. The van der Waals surface area contributed by atoms with Crippen molar-refractivity contribution >= 4 is 39.1 Å². The van der Waals surface area contributed by atoms with Crippen LogP contribution in [0.15, 0.2) is 47.4 Å². The standard InChI is InChI=1S/C19H25N3O3S.ClH/c1-22(17-8-11-20-12-9-17)19(23)10-13-21-26(24,25)18-7-6-15-4-2-3-5-16(15)14-18;/h2-7,14,17,20-21H,8-13H2,1H3;1H. The molecule has 1 amide bonds. The van der Waals surface area contributed by atoms with Crippen LogP contribution >= 0.6 is 12.4 Å². The van der Waals surface area contributed by atoms with Crippen LogP contribution in [-0.2, 0) is 14.8 Å². The smallest absolute Gasteiger partial charge is 0.240 e. The Balaban J connectivity index is 0.00000261. The Hall–Kier alpha value is -1.67. The molecule has 2 aromatic rings. The Bertz CT molecular complexity index is 883. The molecular formula is C19H26ClN3O3S. The fourth-order valence-corrected chi connectivity index (χ4v) is 4.35. The number of fused-ring (bicyclic) bond motifs is 1. The summed E-state index contributed by atoms with van der Waals surface area (Å²) in [6.45, 7) is 1.93. The minimum Gasteiger partial charge on any atom is -0.343 e. The van der Waals surface area contributed by atoms with Crippen molar-refractivity contribution in [3.8, 4) is 0 Å². The SMILES string of the molecule is CN(C(=O)CCNS(=O)(=O)c1ccc2ccccc2c1)C1CCNCC1.Cl. The number of amides is 1. The van der Waals surface area contributed by atoms with Gasteiger partial charge < -0.3 is 10.2 Å². The highest BCUT2D eigenvalue weighted by atomic mass is 35.5. The fraction of sp³-hybridized carbons (Fsp3) is 0.421. The van der Waals surface area contributed by atoms with Crippen molar-refractivity contribution in [3.63, 3.8) is 0 Å². The summed E-state index contributed by atoms with van der Waals surface area (Å²) >= 11 is 0. The first-order valence-corrected chi connectivity index (χ1v) is 10.4. The first kappa shape index (κ1) is 21.6. The Kier molecular flexibility index (Phi) is 7.61. The molecule has 3 rings (SSSR count). The molecule has 8 heteroatoms. The number of piperidine rings is 1. The van der Waals surface area contributed by atoms with Gasteiger partial charge in [0.1, 0.15) is 0 Å². The van der Waals surface area contributed by atoms with Gasteiger partial charge in [-0.1, -0.05) is 30.3 Å². The van der Waals surface area contributed by atoms with E-state index in [0.29, 0.717) is 0 Å². The van der Waals surface area contributed by atoms with Crippen LogP contribution in [0, 0.1) is 0 Å². The summed E-state index contributed by atoms with van der Waals surface area (Å²) in [6, 6.07) is 12.9. The zero-order valence-corrected chi connectivity index (χ0v) is 17.0. The van der Waals surface area contributed by atoms with Gasteiger partial charge in [0, 0.05) is 26.1 Å². The summed E-state index contributed by atoms with van der Waals surface area (Å²) in [5.74, 6) is -0.0295. The summed E-state index contributed by atoms with van der Waals surface area (Å²) in [7, 11) is -1.83. The van der Waals surface area contributed by atoms with Crippen molar-refractivity contribution in [2.75, 3.05) is 26.7 Å². The van der Waals surface area contributed by atoms with Gasteiger partial charge in [0.15, 0.2) is 0 Å². The molecule has 0 unspecified atom stereocenters. The first-order valence-electron chi connectivity index (χ1n) is 8.92. The largest absolute Gasteiger partial charge is 0.343 e. The molecule has 0 aliphatic carbocycles. The van der Waals surface area contributed by atoms with E-state index in [1.165, 1.54) is 0 Å². The number of hydrogen-bond acceptors (Lipinski definition) is 4. The maximum absolute atomic E-state index is 12.5. The molecule has 148 valence electrons. The van der Waals surface area contributed by atoms with Crippen LogP contribution in [0.4, 0.5) is 0 Å². The average molecular weight is 412 g/mol. The lowest BCUT2D eigenvalue weighted by Gasteiger charge is -2.31. The van der Waals surface area contributed by atoms with Crippen LogP contribution in [-0.4, -0.2) is 51.9 Å². The third kappa shape index (κ3) is 5.42. The molecule has 1 fully saturated rings. The highest BCUT2D eigenvalue weighted by Crippen LogP contribution is 2.19. The van der Waals surface area contributed by atoms with Crippen molar-refractivity contribution < 1.29 is 13.2 Å². The molecule has 2 N–H and O–H groups in total. The van der Waals surface area contributed by atoms with E-state index in [2.05, 4.69) is 10.0 Å². The Morgan fingerprint density at radius 2 is 1.81 bits per heavy atom. The van der Waals surface area contributed by atoms with Gasteiger partial charge in [0.05, 0.1) is 4.90 Å². The van der Waals surface area contributed by atoms with Crippen molar-refractivity contribution in [3.05, 3.63) is 42.5 Å². The quantitative estimate of drug-likeness (QED) is 0.763. The summed E-state index contributed by atoms with van der Waals surface area (Å²) in [6.07, 6.45) is 2.03. The van der Waals surface area contributed by atoms with E-state index in [1.807, 2.05) is 24.3 Å². The number of rotatable bonds is 6. The van der Waals surface area contributed by atoms with Gasteiger partial charge in [-0.2, -0.15) is 0 Å². The van der Waals surface area contributed by atoms with Crippen LogP contribution in [0.2, 0.25) is 0 Å². The van der Waals surface area contributed by atoms with Gasteiger partial charge in [-0.15, -0.1) is 12.4 Å². The van der Waals surface area contributed by atoms with E-state index in [4.69, 9.17) is 0 Å². The number of hydrogen-bond donors (Lipinski definition) is 2. The molecular weight excluding hydrogens is 386 g/mol. The highest BCUT2D eigenvalue weighted by Gasteiger charge is 2.22. The summed E-state index contributed by atoms with van der Waals surface area (Å²) in [5, 5.41) is 5.14. The molecule has 0 aromatic heterocycles. The van der Waals surface area contributed by atoms with E-state index in [0.717, 1.165) is 36.7 Å². The van der Waals surface area contributed by atoms with Gasteiger partial charge in [0.25, 0.3) is 0 Å². The predicted octanol–water partition coefficient (Wildman–Crippen LogP) is 2.14. The van der Waals surface area contributed by atoms with Crippen molar-refractivity contribution in [1.82, 2.24) is 14.9 Å². The zero-order valence-electron chi connectivity index (χ0n) is 15.3. The van der Waals surface area contributed by atoms with Crippen LogP contribution < -0.4 is 10.0 Å². The predicted molar refractivity (Wildman–Crippen MR) is 110 cm³/mol. The van der Waals surface area contributed by atoms with E-state index in [-0.39, 0.29) is 42.2 Å². The monoisotopic (exact) mass is 411 g/mol. The number of sulfonamides is 1. The van der Waals surface area contributed by atoms with Crippen molar-refractivity contribution in [2.24, 2.45) is 0 Å². The molecule has 27 heavy (non-hydrogen) atoms. The molecule has 0 saturated carbocycles. The number of nitrogens with one attached hydrogen (secondary N) is 2. The van der Waals surface area contributed by atoms with Gasteiger partial charge in [-0.3, -0.25) is 4.79 Å². The van der Waals surface area contributed by atoms with Gasteiger partial charge in [-0.05, 0) is 48.8 Å². The first-order chi connectivity index (χ1) is 12.5. The summed E-state index contributed by atoms with van der Waals surface area (Å²) in [4.78, 5) is 14.3. The lowest BCUT2D eigenvalue weighted by Crippen LogP contribution is -2.44. The average Bonchev–Trinajstić information content (AvgIpc) is 2.67. The lowest BCUT2D eigenvalue weighted by molar-refractivity contribution is -0.132. The van der Waals surface area contributed by atoms with Gasteiger partial charge in [0.2, 0.25) is 15.9 Å².